The standard InChI is InChI=1S/C29H28ClN3O4S/c1-33(2)27(34)11-12-38-28(21-13-22(17-31-16-21)29(35)36-3)20-5-4-6-25(14-20)37-18-24-10-8-19-7-9-23(30)15-26(19)32-24/h4-10,13-17,28H,11-12,18H2,1-3H3. The molecule has 1 atom stereocenters. The maximum Gasteiger partial charge on any atom is 0.339 e. The van der Waals surface area contributed by atoms with E-state index in [1.807, 2.05) is 54.6 Å². The molecule has 1 unspecified atom stereocenters. The number of benzene rings is 2. The Morgan fingerprint density at radius 1 is 1.03 bits per heavy atom. The molecule has 2 aromatic heterocycles. The van der Waals surface area contributed by atoms with Gasteiger partial charge in [-0.3, -0.25) is 9.78 Å². The zero-order valence-corrected chi connectivity index (χ0v) is 23.0. The number of hydrogen-bond acceptors (Lipinski definition) is 7. The molecule has 1 amide bonds. The molecule has 4 rings (SSSR count). The lowest BCUT2D eigenvalue weighted by Crippen LogP contribution is -2.22. The van der Waals surface area contributed by atoms with Crippen molar-refractivity contribution in [2.45, 2.75) is 18.3 Å². The van der Waals surface area contributed by atoms with E-state index >= 15 is 0 Å². The van der Waals surface area contributed by atoms with Crippen molar-refractivity contribution in [1.82, 2.24) is 14.9 Å². The summed E-state index contributed by atoms with van der Waals surface area (Å²) in [4.78, 5) is 34.8. The molecule has 7 nitrogen and oxygen atoms in total. The fraction of sp³-hybridized carbons (Fsp3) is 0.241. The number of hydrogen-bond donors (Lipinski definition) is 0. The van der Waals surface area contributed by atoms with Crippen molar-refractivity contribution < 1.29 is 19.1 Å². The van der Waals surface area contributed by atoms with Gasteiger partial charge in [0.2, 0.25) is 5.91 Å². The van der Waals surface area contributed by atoms with Crippen LogP contribution < -0.4 is 4.74 Å². The summed E-state index contributed by atoms with van der Waals surface area (Å²) in [6.45, 7) is 0.292. The topological polar surface area (TPSA) is 81.6 Å². The quantitative estimate of drug-likeness (QED) is 0.226. The third-order valence-corrected chi connectivity index (χ3v) is 7.39. The molecule has 0 saturated carbocycles. The SMILES string of the molecule is COC(=O)c1cncc(C(SCCC(=O)N(C)C)c2cccc(OCc3ccc4ccc(Cl)cc4n3)c2)c1. The van der Waals surface area contributed by atoms with Crippen LogP contribution in [-0.2, 0) is 16.1 Å². The van der Waals surface area contributed by atoms with Gasteiger partial charge < -0.3 is 14.4 Å². The van der Waals surface area contributed by atoms with E-state index in [1.165, 1.54) is 13.3 Å². The van der Waals surface area contributed by atoms with Crippen LogP contribution in [-0.4, -0.2) is 53.7 Å². The van der Waals surface area contributed by atoms with Gasteiger partial charge in [-0.15, -0.1) is 11.8 Å². The van der Waals surface area contributed by atoms with Crippen molar-refractivity contribution in [3.05, 3.63) is 100 Å². The Hall–Kier alpha value is -3.62. The molecule has 0 bridgehead atoms. The zero-order chi connectivity index (χ0) is 27.1. The highest BCUT2D eigenvalue weighted by molar-refractivity contribution is 7.99. The Bertz CT molecular complexity index is 1450. The van der Waals surface area contributed by atoms with Crippen LogP contribution in [0, 0.1) is 0 Å². The Morgan fingerprint density at radius 2 is 1.84 bits per heavy atom. The maximum atomic E-state index is 12.2. The van der Waals surface area contributed by atoms with Gasteiger partial charge in [-0.2, -0.15) is 0 Å². The van der Waals surface area contributed by atoms with Gasteiger partial charge in [0.15, 0.2) is 0 Å². The number of carbonyl (C=O) groups excluding carboxylic acids is 2. The van der Waals surface area contributed by atoms with Crippen LogP contribution in [0.25, 0.3) is 10.9 Å². The molecule has 0 spiro atoms. The lowest BCUT2D eigenvalue weighted by Gasteiger charge is -2.19. The Balaban J connectivity index is 1.56. The number of halogens is 1. The fourth-order valence-electron chi connectivity index (χ4n) is 3.84. The van der Waals surface area contributed by atoms with E-state index in [0.717, 1.165) is 27.7 Å². The first kappa shape index (κ1) is 27.4. The minimum absolute atomic E-state index is 0.0546. The third-order valence-electron chi connectivity index (χ3n) is 5.84. The highest BCUT2D eigenvalue weighted by Crippen LogP contribution is 2.37. The van der Waals surface area contributed by atoms with Crippen molar-refractivity contribution >= 4 is 46.1 Å². The van der Waals surface area contributed by atoms with Crippen LogP contribution in [0.4, 0.5) is 0 Å². The number of rotatable bonds is 10. The van der Waals surface area contributed by atoms with Gasteiger partial charge >= 0.3 is 5.97 Å². The molecule has 4 aromatic rings. The first-order valence-corrected chi connectivity index (χ1v) is 13.4. The number of aromatic nitrogens is 2. The smallest absolute Gasteiger partial charge is 0.339 e. The molecule has 0 fully saturated rings. The van der Waals surface area contributed by atoms with E-state index in [4.69, 9.17) is 21.1 Å². The van der Waals surface area contributed by atoms with Crippen LogP contribution in [0.1, 0.15) is 38.8 Å². The number of amides is 1. The van der Waals surface area contributed by atoms with Gasteiger partial charge in [0, 0.05) is 49.1 Å². The number of thioether (sulfide) groups is 1. The molecule has 38 heavy (non-hydrogen) atoms. The Morgan fingerprint density at radius 3 is 2.63 bits per heavy atom. The predicted octanol–water partition coefficient (Wildman–Crippen LogP) is 5.95. The molecule has 196 valence electrons. The lowest BCUT2D eigenvalue weighted by molar-refractivity contribution is -0.128. The highest BCUT2D eigenvalue weighted by Gasteiger charge is 2.19. The maximum absolute atomic E-state index is 12.2. The predicted molar refractivity (Wildman–Crippen MR) is 151 cm³/mol. The third kappa shape index (κ3) is 7.02. The largest absolute Gasteiger partial charge is 0.487 e. The summed E-state index contributed by atoms with van der Waals surface area (Å²) in [5.74, 6) is 0.882. The number of ether oxygens (including phenoxy) is 2. The van der Waals surface area contributed by atoms with Crippen LogP contribution in [0.3, 0.4) is 0 Å². The molecule has 2 aromatic carbocycles. The number of fused-ring (bicyclic) bond motifs is 1. The van der Waals surface area contributed by atoms with Crippen molar-refractivity contribution in [1.29, 1.82) is 0 Å². The molecule has 0 saturated heterocycles. The zero-order valence-electron chi connectivity index (χ0n) is 21.4. The Labute approximate surface area is 231 Å². The molecule has 0 aliphatic carbocycles. The second-order valence-electron chi connectivity index (χ2n) is 8.79. The summed E-state index contributed by atoms with van der Waals surface area (Å²) in [6, 6.07) is 19.1. The van der Waals surface area contributed by atoms with Crippen molar-refractivity contribution in [2.24, 2.45) is 0 Å². The van der Waals surface area contributed by atoms with E-state index in [2.05, 4.69) is 9.97 Å². The molecule has 9 heteroatoms. The second kappa shape index (κ2) is 12.8. The Kier molecular flexibility index (Phi) is 9.20. The first-order chi connectivity index (χ1) is 18.3. The minimum atomic E-state index is -0.452. The van der Waals surface area contributed by atoms with Crippen LogP contribution in [0.2, 0.25) is 5.02 Å². The second-order valence-corrected chi connectivity index (χ2v) is 10.4. The van der Waals surface area contributed by atoms with E-state index in [-0.39, 0.29) is 11.2 Å². The summed E-state index contributed by atoms with van der Waals surface area (Å²) in [6.07, 6.45) is 3.61. The van der Waals surface area contributed by atoms with Crippen molar-refractivity contribution in [3.63, 3.8) is 0 Å². The van der Waals surface area contributed by atoms with Gasteiger partial charge in [0.1, 0.15) is 12.4 Å². The van der Waals surface area contributed by atoms with Gasteiger partial charge in [0.25, 0.3) is 0 Å². The van der Waals surface area contributed by atoms with Crippen LogP contribution in [0.5, 0.6) is 5.75 Å². The van der Waals surface area contributed by atoms with E-state index < -0.39 is 5.97 Å². The summed E-state index contributed by atoms with van der Waals surface area (Å²) >= 11 is 7.73. The van der Waals surface area contributed by atoms with E-state index in [9.17, 15) is 9.59 Å². The van der Waals surface area contributed by atoms with Crippen LogP contribution in [0.15, 0.2) is 73.1 Å². The molecule has 0 N–H and O–H groups in total. The number of pyridine rings is 2. The van der Waals surface area contributed by atoms with Gasteiger partial charge in [-0.1, -0.05) is 35.9 Å². The number of methoxy groups -OCH3 is 1. The summed E-state index contributed by atoms with van der Waals surface area (Å²) in [5, 5.41) is 1.47. The molecule has 2 heterocycles. The fourth-order valence-corrected chi connectivity index (χ4v) is 5.20. The summed E-state index contributed by atoms with van der Waals surface area (Å²) < 4.78 is 11.0. The monoisotopic (exact) mass is 549 g/mol. The molecule has 0 aliphatic heterocycles. The molecular weight excluding hydrogens is 522 g/mol. The first-order valence-electron chi connectivity index (χ1n) is 12.0. The minimum Gasteiger partial charge on any atom is -0.487 e. The van der Waals surface area contributed by atoms with Gasteiger partial charge in [-0.25, -0.2) is 9.78 Å². The van der Waals surface area contributed by atoms with E-state index in [0.29, 0.717) is 35.1 Å². The normalized spacial score (nSPS) is 11.7. The van der Waals surface area contributed by atoms with E-state index in [1.54, 1.807) is 43.0 Å². The molecular formula is C29H28ClN3O4S. The molecule has 0 aliphatic rings. The summed E-state index contributed by atoms with van der Waals surface area (Å²) in [5.41, 5.74) is 3.77. The molecule has 0 radical (unpaired) electrons. The van der Waals surface area contributed by atoms with Gasteiger partial charge in [0.05, 0.1) is 29.1 Å². The average molecular weight is 550 g/mol. The average Bonchev–Trinajstić information content (AvgIpc) is 2.93. The number of nitrogens with zero attached hydrogens (tertiary/aromatic N) is 3. The lowest BCUT2D eigenvalue weighted by atomic mass is 10.0. The van der Waals surface area contributed by atoms with Crippen molar-refractivity contribution in [2.75, 3.05) is 27.0 Å². The van der Waals surface area contributed by atoms with Crippen molar-refractivity contribution in [3.8, 4) is 5.75 Å². The summed E-state index contributed by atoms with van der Waals surface area (Å²) in [7, 11) is 4.83. The van der Waals surface area contributed by atoms with Gasteiger partial charge in [-0.05, 0) is 47.5 Å². The van der Waals surface area contributed by atoms with Crippen LogP contribution >= 0.6 is 23.4 Å². The highest BCUT2D eigenvalue weighted by atomic mass is 35.5. The number of esters is 1. The number of carbonyl (C=O) groups is 2.